The lowest BCUT2D eigenvalue weighted by atomic mass is 9.96. The summed E-state index contributed by atoms with van der Waals surface area (Å²) in [5.74, 6) is -1.56. The molecule has 1 fully saturated rings. The number of fused-ring (bicyclic) bond motifs is 1. The predicted octanol–water partition coefficient (Wildman–Crippen LogP) is 4.20. The summed E-state index contributed by atoms with van der Waals surface area (Å²) in [6.07, 6.45) is 1.59. The van der Waals surface area contributed by atoms with Crippen molar-refractivity contribution in [2.75, 3.05) is 4.90 Å². The minimum absolute atomic E-state index is 0.0163. The van der Waals surface area contributed by atoms with Crippen molar-refractivity contribution in [3.63, 3.8) is 0 Å². The van der Waals surface area contributed by atoms with Crippen LogP contribution in [0.15, 0.2) is 72.4 Å². The molecule has 1 aliphatic rings. The summed E-state index contributed by atoms with van der Waals surface area (Å²) in [6.45, 7) is 3.89. The number of aliphatic hydroxyl groups excluding tert-OH is 1. The number of aromatic amines is 1. The maximum atomic E-state index is 13.2. The fourth-order valence-electron chi connectivity index (χ4n) is 3.97. The molecule has 7 nitrogen and oxygen atoms in total. The molecular weight excluding hydrogens is 404 g/mol. The number of aryl methyl sites for hydroxylation is 2. The van der Waals surface area contributed by atoms with Crippen LogP contribution in [0.4, 0.5) is 5.95 Å². The summed E-state index contributed by atoms with van der Waals surface area (Å²) in [5.41, 5.74) is 4.34. The van der Waals surface area contributed by atoms with Gasteiger partial charge in [-0.2, -0.15) is 0 Å². The Labute approximate surface area is 184 Å². The summed E-state index contributed by atoms with van der Waals surface area (Å²) in [5, 5.41) is 11.2. The summed E-state index contributed by atoms with van der Waals surface area (Å²) >= 11 is 0. The number of aliphatic hydroxyl groups is 1. The average Bonchev–Trinajstić information content (AvgIpc) is 3.34. The standard InChI is InChI=1S/C25H20N4O3/c1-14-10-11-16(13-15(14)2)22(30)20-21(19-9-5-6-12-26-19)29(24(32)23(20)31)25-27-17-7-3-4-8-18(17)28-25/h3-13,21,30H,1-2H3,(H,27,28)/b22-20+. The molecular formula is C25H20N4O3. The molecule has 0 spiro atoms. The average molecular weight is 424 g/mol. The quantitative estimate of drug-likeness (QED) is 0.292. The Morgan fingerprint density at radius 1 is 1.00 bits per heavy atom. The smallest absolute Gasteiger partial charge is 0.302 e. The number of para-hydroxylation sites is 2. The molecule has 1 aliphatic heterocycles. The lowest BCUT2D eigenvalue weighted by molar-refractivity contribution is -0.132. The number of pyridine rings is 1. The molecule has 1 saturated heterocycles. The van der Waals surface area contributed by atoms with Crippen LogP contribution >= 0.6 is 0 Å². The van der Waals surface area contributed by atoms with Gasteiger partial charge >= 0.3 is 5.91 Å². The van der Waals surface area contributed by atoms with Gasteiger partial charge in [0.05, 0.1) is 22.3 Å². The fourth-order valence-corrected chi connectivity index (χ4v) is 3.97. The van der Waals surface area contributed by atoms with E-state index in [1.165, 1.54) is 4.90 Å². The summed E-state index contributed by atoms with van der Waals surface area (Å²) in [7, 11) is 0. The number of carbonyl (C=O) groups excluding carboxylic acids is 2. The molecule has 1 unspecified atom stereocenters. The molecule has 0 saturated carbocycles. The van der Waals surface area contributed by atoms with Crippen LogP contribution in [-0.4, -0.2) is 31.7 Å². The van der Waals surface area contributed by atoms with Crippen LogP contribution in [0, 0.1) is 13.8 Å². The molecule has 158 valence electrons. The van der Waals surface area contributed by atoms with Crippen LogP contribution < -0.4 is 4.90 Å². The highest BCUT2D eigenvalue weighted by molar-refractivity contribution is 6.51. The topological polar surface area (TPSA) is 99.2 Å². The van der Waals surface area contributed by atoms with Gasteiger partial charge in [-0.3, -0.25) is 19.5 Å². The Kier molecular flexibility index (Phi) is 4.59. The van der Waals surface area contributed by atoms with Gasteiger partial charge in [0.25, 0.3) is 5.78 Å². The molecule has 1 amide bonds. The molecule has 4 aromatic rings. The fraction of sp³-hybridized carbons (Fsp3) is 0.120. The number of benzene rings is 2. The van der Waals surface area contributed by atoms with Crippen molar-refractivity contribution < 1.29 is 14.7 Å². The normalized spacial score (nSPS) is 17.9. The van der Waals surface area contributed by atoms with Crippen LogP contribution in [0.25, 0.3) is 16.8 Å². The van der Waals surface area contributed by atoms with Crippen LogP contribution in [0.5, 0.6) is 0 Å². The zero-order valence-corrected chi connectivity index (χ0v) is 17.5. The number of rotatable bonds is 3. The predicted molar refractivity (Wildman–Crippen MR) is 121 cm³/mol. The molecule has 32 heavy (non-hydrogen) atoms. The SMILES string of the molecule is Cc1ccc(/C(O)=C2\C(=O)C(=O)N(c3nc4ccccc4[nH]3)C2c2ccccn2)cc1C. The Hall–Kier alpha value is -4.26. The Morgan fingerprint density at radius 2 is 1.78 bits per heavy atom. The van der Waals surface area contributed by atoms with Crippen molar-refractivity contribution in [3.8, 4) is 0 Å². The molecule has 0 aliphatic carbocycles. The van der Waals surface area contributed by atoms with E-state index < -0.39 is 17.7 Å². The van der Waals surface area contributed by atoms with Crippen LogP contribution in [-0.2, 0) is 9.59 Å². The van der Waals surface area contributed by atoms with Gasteiger partial charge in [-0.25, -0.2) is 4.98 Å². The molecule has 2 aromatic heterocycles. The molecule has 2 aromatic carbocycles. The number of Topliss-reactive ketones (excluding diaryl/α,β-unsaturated/α-hetero) is 1. The van der Waals surface area contributed by atoms with E-state index in [0.717, 1.165) is 16.6 Å². The van der Waals surface area contributed by atoms with Crippen molar-refractivity contribution in [2.24, 2.45) is 0 Å². The molecule has 0 radical (unpaired) electrons. The number of hydrogen-bond donors (Lipinski definition) is 2. The number of aromatic nitrogens is 3. The summed E-state index contributed by atoms with van der Waals surface area (Å²) < 4.78 is 0. The van der Waals surface area contributed by atoms with Gasteiger partial charge in [0, 0.05) is 11.8 Å². The number of hydrogen-bond acceptors (Lipinski definition) is 5. The van der Waals surface area contributed by atoms with Gasteiger partial charge < -0.3 is 10.1 Å². The second kappa shape index (κ2) is 7.46. The number of carbonyl (C=O) groups is 2. The molecule has 2 N–H and O–H groups in total. The summed E-state index contributed by atoms with van der Waals surface area (Å²) in [4.78, 5) is 39.6. The number of imidazole rings is 1. The lowest BCUT2D eigenvalue weighted by Gasteiger charge is -2.22. The second-order valence-electron chi connectivity index (χ2n) is 7.80. The van der Waals surface area contributed by atoms with E-state index in [9.17, 15) is 14.7 Å². The second-order valence-corrected chi connectivity index (χ2v) is 7.80. The number of anilines is 1. The third kappa shape index (κ3) is 3.06. The third-order valence-corrected chi connectivity index (χ3v) is 5.80. The van der Waals surface area contributed by atoms with E-state index in [4.69, 9.17) is 0 Å². The van der Waals surface area contributed by atoms with Crippen LogP contribution in [0.1, 0.15) is 28.4 Å². The Morgan fingerprint density at radius 3 is 2.50 bits per heavy atom. The first-order chi connectivity index (χ1) is 15.5. The lowest BCUT2D eigenvalue weighted by Crippen LogP contribution is -2.30. The zero-order valence-electron chi connectivity index (χ0n) is 17.5. The minimum atomic E-state index is -0.918. The first-order valence-corrected chi connectivity index (χ1v) is 10.2. The highest BCUT2D eigenvalue weighted by Crippen LogP contribution is 2.41. The molecule has 7 heteroatoms. The van der Waals surface area contributed by atoms with Gasteiger partial charge in [-0.05, 0) is 55.3 Å². The maximum Gasteiger partial charge on any atom is 0.302 e. The molecule has 0 bridgehead atoms. The largest absolute Gasteiger partial charge is 0.507 e. The van der Waals surface area contributed by atoms with Crippen LogP contribution in [0.3, 0.4) is 0 Å². The number of nitrogens with zero attached hydrogens (tertiary/aromatic N) is 3. The zero-order chi connectivity index (χ0) is 22.4. The number of nitrogens with one attached hydrogen (secondary N) is 1. The van der Waals surface area contributed by atoms with Crippen molar-refractivity contribution in [1.82, 2.24) is 15.0 Å². The third-order valence-electron chi connectivity index (χ3n) is 5.80. The van der Waals surface area contributed by atoms with E-state index in [1.807, 2.05) is 44.2 Å². The number of amides is 1. The van der Waals surface area contributed by atoms with E-state index in [2.05, 4.69) is 15.0 Å². The highest BCUT2D eigenvalue weighted by atomic mass is 16.3. The Balaban J connectivity index is 1.73. The first-order valence-electron chi connectivity index (χ1n) is 10.2. The van der Waals surface area contributed by atoms with Crippen molar-refractivity contribution in [1.29, 1.82) is 0 Å². The van der Waals surface area contributed by atoms with Gasteiger partial charge in [-0.15, -0.1) is 0 Å². The monoisotopic (exact) mass is 424 g/mol. The number of ketones is 1. The molecule has 1 atom stereocenters. The van der Waals surface area contributed by atoms with Gasteiger partial charge in [0.2, 0.25) is 5.95 Å². The maximum absolute atomic E-state index is 13.2. The van der Waals surface area contributed by atoms with Crippen molar-refractivity contribution in [2.45, 2.75) is 19.9 Å². The van der Waals surface area contributed by atoms with E-state index in [-0.39, 0.29) is 17.3 Å². The van der Waals surface area contributed by atoms with E-state index in [1.54, 1.807) is 36.5 Å². The van der Waals surface area contributed by atoms with Crippen LogP contribution in [0.2, 0.25) is 0 Å². The number of H-pyrrole nitrogens is 1. The molecule has 3 heterocycles. The Bertz CT molecular complexity index is 1370. The summed E-state index contributed by atoms with van der Waals surface area (Å²) in [6, 6.07) is 17.1. The first kappa shape index (κ1) is 19.7. The van der Waals surface area contributed by atoms with Gasteiger partial charge in [0.15, 0.2) is 0 Å². The molecule has 5 rings (SSSR count). The minimum Gasteiger partial charge on any atom is -0.507 e. The van der Waals surface area contributed by atoms with Crippen molar-refractivity contribution >= 4 is 34.4 Å². The van der Waals surface area contributed by atoms with Crippen molar-refractivity contribution in [3.05, 3.63) is 94.8 Å². The highest BCUT2D eigenvalue weighted by Gasteiger charge is 2.48. The van der Waals surface area contributed by atoms with E-state index in [0.29, 0.717) is 16.8 Å². The van der Waals surface area contributed by atoms with Gasteiger partial charge in [-0.1, -0.05) is 30.3 Å². The van der Waals surface area contributed by atoms with E-state index >= 15 is 0 Å². The van der Waals surface area contributed by atoms with Gasteiger partial charge in [0.1, 0.15) is 11.8 Å².